The Balaban J connectivity index is 1.71. The normalized spacial score (nSPS) is 17.1. The molecular formula is C29H37N5O2S. The van der Waals surface area contributed by atoms with Crippen molar-refractivity contribution in [3.63, 3.8) is 0 Å². The van der Waals surface area contributed by atoms with E-state index in [0.717, 1.165) is 30.2 Å². The van der Waals surface area contributed by atoms with Gasteiger partial charge < -0.3 is 24.4 Å². The van der Waals surface area contributed by atoms with E-state index in [1.165, 1.54) is 24.1 Å². The van der Waals surface area contributed by atoms with E-state index in [-0.39, 0.29) is 18.1 Å². The van der Waals surface area contributed by atoms with Crippen molar-refractivity contribution in [2.24, 2.45) is 0 Å². The monoisotopic (exact) mass is 519 g/mol. The van der Waals surface area contributed by atoms with E-state index in [4.69, 9.17) is 17.0 Å². The first-order chi connectivity index (χ1) is 17.9. The Kier molecular flexibility index (Phi) is 8.48. The highest BCUT2D eigenvalue weighted by Crippen LogP contribution is 2.41. The fourth-order valence-electron chi connectivity index (χ4n) is 5.37. The van der Waals surface area contributed by atoms with E-state index < -0.39 is 0 Å². The van der Waals surface area contributed by atoms with Crippen LogP contribution in [-0.2, 0) is 9.53 Å². The number of aromatic nitrogens is 2. The summed E-state index contributed by atoms with van der Waals surface area (Å²) in [5, 5.41) is 4.19. The Bertz CT molecular complexity index is 1220. The molecule has 2 aromatic heterocycles. The van der Waals surface area contributed by atoms with Crippen molar-refractivity contribution >= 4 is 29.0 Å². The highest BCUT2D eigenvalue weighted by Gasteiger charge is 2.41. The molecule has 1 aliphatic rings. The van der Waals surface area contributed by atoms with Gasteiger partial charge in [0.25, 0.3) is 0 Å². The first kappa shape index (κ1) is 26.7. The minimum Gasteiger partial charge on any atom is -0.469 e. The fraction of sp³-hybridized carbons (Fsp3) is 0.414. The Hall–Kier alpha value is -3.39. The lowest BCUT2D eigenvalue weighted by Crippen LogP contribution is -2.31. The number of nitrogens with one attached hydrogen (secondary N) is 1. The van der Waals surface area contributed by atoms with Crippen molar-refractivity contribution in [3.05, 3.63) is 77.4 Å². The van der Waals surface area contributed by atoms with E-state index in [1.54, 1.807) is 0 Å². The van der Waals surface area contributed by atoms with Gasteiger partial charge in [-0.05, 0) is 94.4 Å². The molecule has 0 amide bonds. The highest BCUT2D eigenvalue weighted by molar-refractivity contribution is 7.80. The molecule has 196 valence electrons. The Morgan fingerprint density at radius 1 is 1.14 bits per heavy atom. The van der Waals surface area contributed by atoms with Gasteiger partial charge in [0.15, 0.2) is 5.11 Å². The van der Waals surface area contributed by atoms with Crippen molar-refractivity contribution in [3.8, 4) is 5.69 Å². The molecule has 37 heavy (non-hydrogen) atoms. The zero-order valence-corrected chi connectivity index (χ0v) is 23.2. The predicted octanol–water partition coefficient (Wildman–Crippen LogP) is 5.26. The lowest BCUT2D eigenvalue weighted by atomic mass is 9.96. The lowest BCUT2D eigenvalue weighted by Gasteiger charge is -2.28. The van der Waals surface area contributed by atoms with Gasteiger partial charge in [-0.15, -0.1) is 0 Å². The molecule has 3 aromatic rings. The Morgan fingerprint density at radius 2 is 1.86 bits per heavy atom. The lowest BCUT2D eigenvalue weighted by molar-refractivity contribution is -0.140. The second-order valence-electron chi connectivity index (χ2n) is 9.35. The summed E-state index contributed by atoms with van der Waals surface area (Å²) in [4.78, 5) is 21.0. The number of carbonyl (C=O) groups is 1. The number of carbonyl (C=O) groups excluding carboxylic acids is 1. The number of pyridine rings is 1. The molecule has 0 saturated carbocycles. The third-order valence-corrected chi connectivity index (χ3v) is 7.58. The predicted molar refractivity (Wildman–Crippen MR) is 152 cm³/mol. The molecule has 8 heteroatoms. The van der Waals surface area contributed by atoms with Gasteiger partial charge >= 0.3 is 5.97 Å². The number of thiocarbonyl (C=S) groups is 1. The molecule has 0 bridgehead atoms. The van der Waals surface area contributed by atoms with Crippen LogP contribution in [0.5, 0.6) is 0 Å². The van der Waals surface area contributed by atoms with Crippen molar-refractivity contribution in [2.45, 2.75) is 52.6 Å². The third kappa shape index (κ3) is 5.49. The maximum absolute atomic E-state index is 11.8. The third-order valence-electron chi connectivity index (χ3n) is 7.23. The standard InChI is InChI=1S/C29H37N5O2S/c1-6-32(7-2)22-13-15-23(16-14-22)34-20(3)19-24(21(34)4)28-27(25-11-8-9-17-30-25)31-29(37)33(28)18-10-12-26(35)36-5/h8-9,11,13-17,19,27-28H,6-7,10,12,18H2,1-5H3,(H,31,37)/t27-,28+/m0/s1. The average molecular weight is 520 g/mol. The number of aryl methyl sites for hydroxylation is 1. The molecule has 1 aliphatic heterocycles. The number of rotatable bonds is 10. The van der Waals surface area contributed by atoms with Gasteiger partial charge in [-0.2, -0.15) is 0 Å². The summed E-state index contributed by atoms with van der Waals surface area (Å²) in [7, 11) is 1.42. The average Bonchev–Trinajstić information content (AvgIpc) is 3.40. The van der Waals surface area contributed by atoms with E-state index in [9.17, 15) is 4.79 Å². The van der Waals surface area contributed by atoms with Crippen molar-refractivity contribution in [1.29, 1.82) is 0 Å². The SMILES string of the molecule is CCN(CC)c1ccc(-n2c(C)cc([C@@H]3[C@H](c4ccccn4)NC(=S)N3CCCC(=O)OC)c2C)cc1. The summed E-state index contributed by atoms with van der Waals surface area (Å²) in [6.07, 6.45) is 2.83. The highest BCUT2D eigenvalue weighted by atomic mass is 32.1. The molecule has 1 N–H and O–H groups in total. The van der Waals surface area contributed by atoms with Crippen LogP contribution in [0, 0.1) is 13.8 Å². The zero-order valence-electron chi connectivity index (χ0n) is 22.4. The Morgan fingerprint density at radius 3 is 2.49 bits per heavy atom. The molecule has 1 saturated heterocycles. The number of anilines is 1. The largest absolute Gasteiger partial charge is 0.469 e. The van der Waals surface area contributed by atoms with Crippen LogP contribution >= 0.6 is 12.2 Å². The summed E-state index contributed by atoms with van der Waals surface area (Å²) >= 11 is 5.80. The van der Waals surface area contributed by atoms with Crippen LogP contribution in [0.2, 0.25) is 0 Å². The van der Waals surface area contributed by atoms with E-state index in [1.807, 2.05) is 24.4 Å². The van der Waals surface area contributed by atoms with E-state index in [0.29, 0.717) is 24.5 Å². The van der Waals surface area contributed by atoms with Gasteiger partial charge in [0.1, 0.15) is 0 Å². The van der Waals surface area contributed by atoms with Crippen molar-refractivity contribution < 1.29 is 9.53 Å². The van der Waals surface area contributed by atoms with Crippen molar-refractivity contribution in [2.75, 3.05) is 31.6 Å². The Labute approximate surface area is 225 Å². The first-order valence-electron chi connectivity index (χ1n) is 13.0. The number of ether oxygens (including phenoxy) is 1. The van der Waals surface area contributed by atoms with E-state index in [2.05, 4.69) is 82.7 Å². The minimum absolute atomic E-state index is 0.0463. The van der Waals surface area contributed by atoms with Gasteiger partial charge in [0, 0.05) is 55.0 Å². The van der Waals surface area contributed by atoms with Crippen LogP contribution < -0.4 is 10.2 Å². The molecular weight excluding hydrogens is 482 g/mol. The second kappa shape index (κ2) is 11.8. The summed E-state index contributed by atoms with van der Waals surface area (Å²) in [5.41, 5.74) is 6.84. The van der Waals surface area contributed by atoms with Gasteiger partial charge in [0.2, 0.25) is 0 Å². The van der Waals surface area contributed by atoms with Crippen LogP contribution in [0.3, 0.4) is 0 Å². The topological polar surface area (TPSA) is 62.6 Å². The van der Waals surface area contributed by atoms with Gasteiger partial charge in [-0.25, -0.2) is 0 Å². The summed E-state index contributed by atoms with van der Waals surface area (Å²) in [6, 6.07) is 16.9. The van der Waals surface area contributed by atoms with Gasteiger partial charge in [-0.1, -0.05) is 6.07 Å². The van der Waals surface area contributed by atoms with Crippen molar-refractivity contribution in [1.82, 2.24) is 19.8 Å². The number of esters is 1. The molecule has 2 atom stereocenters. The van der Waals surface area contributed by atoms with Crippen LogP contribution in [0.1, 0.15) is 61.4 Å². The molecule has 0 unspecified atom stereocenters. The van der Waals surface area contributed by atoms with Gasteiger partial charge in [0.05, 0.1) is 24.9 Å². The molecule has 0 radical (unpaired) electrons. The fourth-order valence-corrected chi connectivity index (χ4v) is 5.70. The summed E-state index contributed by atoms with van der Waals surface area (Å²) < 4.78 is 7.16. The molecule has 1 fully saturated rings. The number of benzene rings is 1. The number of methoxy groups -OCH3 is 1. The molecule has 4 rings (SSSR count). The van der Waals surface area contributed by atoms with Gasteiger partial charge in [-0.3, -0.25) is 9.78 Å². The van der Waals surface area contributed by atoms with Crippen LogP contribution in [0.4, 0.5) is 5.69 Å². The second-order valence-corrected chi connectivity index (χ2v) is 9.74. The van der Waals surface area contributed by atoms with E-state index >= 15 is 0 Å². The van der Waals surface area contributed by atoms with Crippen LogP contribution in [0.15, 0.2) is 54.7 Å². The molecule has 0 spiro atoms. The maximum atomic E-state index is 11.8. The number of hydrogen-bond acceptors (Lipinski definition) is 5. The molecule has 1 aromatic carbocycles. The zero-order chi connectivity index (χ0) is 26.5. The summed E-state index contributed by atoms with van der Waals surface area (Å²) in [6.45, 7) is 11.3. The maximum Gasteiger partial charge on any atom is 0.305 e. The molecule has 3 heterocycles. The van der Waals surface area contributed by atoms with Crippen LogP contribution in [-0.4, -0.2) is 52.3 Å². The quantitative estimate of drug-likeness (QED) is 0.290. The van der Waals surface area contributed by atoms with Crippen LogP contribution in [0.25, 0.3) is 5.69 Å². The minimum atomic E-state index is -0.206. The number of hydrogen-bond donors (Lipinski definition) is 1. The first-order valence-corrected chi connectivity index (χ1v) is 13.4. The summed E-state index contributed by atoms with van der Waals surface area (Å²) in [5.74, 6) is -0.206. The smallest absolute Gasteiger partial charge is 0.305 e. The molecule has 0 aliphatic carbocycles. The number of nitrogens with zero attached hydrogens (tertiary/aromatic N) is 4. The molecule has 7 nitrogen and oxygen atoms in total.